The van der Waals surface area contributed by atoms with Crippen LogP contribution >= 0.6 is 15.9 Å². The lowest BCUT2D eigenvalue weighted by Gasteiger charge is -2.40. The van der Waals surface area contributed by atoms with Crippen LogP contribution in [-0.4, -0.2) is 28.5 Å². The first kappa shape index (κ1) is 14.2. The van der Waals surface area contributed by atoms with Crippen molar-refractivity contribution in [1.29, 1.82) is 0 Å². The Bertz CT molecular complexity index is 483. The van der Waals surface area contributed by atoms with Gasteiger partial charge >= 0.3 is 5.69 Å². The smallest absolute Gasteiger partial charge is 0.312 e. The zero-order chi connectivity index (χ0) is 14.0. The van der Waals surface area contributed by atoms with Gasteiger partial charge in [-0.25, -0.2) is 4.98 Å². The van der Waals surface area contributed by atoms with E-state index >= 15 is 0 Å². The average Bonchev–Trinajstić information content (AvgIpc) is 2.38. The predicted octanol–water partition coefficient (Wildman–Crippen LogP) is 2.46. The van der Waals surface area contributed by atoms with Crippen LogP contribution in [0.15, 0.2) is 16.7 Å². The standard InChI is InChI=1S/C12H17BrN4O2/c1-8-3-2-4-10(6-14)16(8)12-11(17(18)19)5-9(13)7-15-12/h5,7-8,10H,2-4,6,14H2,1H3. The number of nitro groups is 1. The SMILES string of the molecule is CC1CCCC(CN)N1c1ncc(Br)cc1[N+](=O)[O-]. The fourth-order valence-electron chi connectivity index (χ4n) is 2.65. The number of halogens is 1. The number of hydrogen-bond donors (Lipinski definition) is 1. The summed E-state index contributed by atoms with van der Waals surface area (Å²) in [5.74, 6) is 0.427. The summed E-state index contributed by atoms with van der Waals surface area (Å²) in [7, 11) is 0. The Morgan fingerprint density at radius 2 is 2.37 bits per heavy atom. The summed E-state index contributed by atoms with van der Waals surface area (Å²) in [4.78, 5) is 17.1. The van der Waals surface area contributed by atoms with Crippen molar-refractivity contribution in [2.75, 3.05) is 11.4 Å². The van der Waals surface area contributed by atoms with Gasteiger partial charge in [-0.05, 0) is 42.1 Å². The molecular weight excluding hydrogens is 312 g/mol. The summed E-state index contributed by atoms with van der Waals surface area (Å²) in [5, 5.41) is 11.2. The zero-order valence-electron chi connectivity index (χ0n) is 10.8. The Labute approximate surface area is 120 Å². The first-order chi connectivity index (χ1) is 9.04. The van der Waals surface area contributed by atoms with Gasteiger partial charge in [0.1, 0.15) is 0 Å². The van der Waals surface area contributed by atoms with Crippen LogP contribution in [0.5, 0.6) is 0 Å². The van der Waals surface area contributed by atoms with Crippen molar-refractivity contribution >= 4 is 27.4 Å². The molecule has 0 aliphatic carbocycles. The van der Waals surface area contributed by atoms with Crippen LogP contribution in [0.3, 0.4) is 0 Å². The second kappa shape index (κ2) is 5.83. The molecule has 0 aromatic carbocycles. The topological polar surface area (TPSA) is 85.3 Å². The summed E-state index contributed by atoms with van der Waals surface area (Å²) in [6, 6.07) is 1.84. The average molecular weight is 329 g/mol. The number of rotatable bonds is 3. The van der Waals surface area contributed by atoms with Gasteiger partial charge in [0.2, 0.25) is 5.82 Å². The van der Waals surface area contributed by atoms with Crippen LogP contribution in [0, 0.1) is 10.1 Å². The molecule has 2 rings (SSSR count). The van der Waals surface area contributed by atoms with Gasteiger partial charge in [-0.1, -0.05) is 0 Å². The lowest BCUT2D eigenvalue weighted by atomic mass is 9.96. The molecule has 1 aromatic heterocycles. The number of nitrogens with zero attached hydrogens (tertiary/aromatic N) is 3. The molecule has 0 radical (unpaired) electrons. The van der Waals surface area contributed by atoms with E-state index in [0.717, 1.165) is 19.3 Å². The quantitative estimate of drug-likeness (QED) is 0.680. The molecule has 1 aliphatic heterocycles. The lowest BCUT2D eigenvalue weighted by Crippen LogP contribution is -2.49. The van der Waals surface area contributed by atoms with Crippen molar-refractivity contribution in [2.45, 2.75) is 38.3 Å². The highest BCUT2D eigenvalue weighted by atomic mass is 79.9. The first-order valence-electron chi connectivity index (χ1n) is 6.33. The Kier molecular flexibility index (Phi) is 4.36. The van der Waals surface area contributed by atoms with Crippen molar-refractivity contribution in [1.82, 2.24) is 4.98 Å². The molecule has 2 N–H and O–H groups in total. The van der Waals surface area contributed by atoms with E-state index in [1.807, 2.05) is 4.90 Å². The Hall–Kier alpha value is -1.21. The van der Waals surface area contributed by atoms with E-state index in [0.29, 0.717) is 16.8 Å². The van der Waals surface area contributed by atoms with Crippen LogP contribution in [-0.2, 0) is 0 Å². The highest BCUT2D eigenvalue weighted by Gasteiger charge is 2.32. The molecule has 2 heterocycles. The van der Waals surface area contributed by atoms with Crippen molar-refractivity contribution in [3.05, 3.63) is 26.9 Å². The number of pyridine rings is 1. The van der Waals surface area contributed by atoms with E-state index in [1.165, 1.54) is 6.07 Å². The van der Waals surface area contributed by atoms with Crippen LogP contribution < -0.4 is 10.6 Å². The summed E-state index contributed by atoms with van der Waals surface area (Å²) < 4.78 is 0.608. The van der Waals surface area contributed by atoms with Crippen molar-refractivity contribution in [3.8, 4) is 0 Å². The molecule has 0 saturated carbocycles. The highest BCUT2D eigenvalue weighted by molar-refractivity contribution is 9.10. The second-order valence-corrected chi connectivity index (χ2v) is 5.75. The van der Waals surface area contributed by atoms with Gasteiger partial charge in [0.25, 0.3) is 0 Å². The minimum atomic E-state index is -0.387. The summed E-state index contributed by atoms with van der Waals surface area (Å²) >= 11 is 3.23. The first-order valence-corrected chi connectivity index (χ1v) is 7.12. The molecular formula is C12H17BrN4O2. The fourth-order valence-corrected chi connectivity index (χ4v) is 2.97. The third kappa shape index (κ3) is 2.87. The fraction of sp³-hybridized carbons (Fsp3) is 0.583. The summed E-state index contributed by atoms with van der Waals surface area (Å²) in [5.41, 5.74) is 5.83. The minimum absolute atomic E-state index is 0.0292. The predicted molar refractivity (Wildman–Crippen MR) is 77.2 cm³/mol. The lowest BCUT2D eigenvalue weighted by molar-refractivity contribution is -0.384. The normalized spacial score (nSPS) is 23.4. The van der Waals surface area contributed by atoms with Gasteiger partial charge in [0.15, 0.2) is 0 Å². The van der Waals surface area contributed by atoms with Gasteiger partial charge in [-0.3, -0.25) is 10.1 Å². The van der Waals surface area contributed by atoms with Gasteiger partial charge in [-0.2, -0.15) is 0 Å². The van der Waals surface area contributed by atoms with Crippen LogP contribution in [0.1, 0.15) is 26.2 Å². The number of anilines is 1. The van der Waals surface area contributed by atoms with Crippen LogP contribution in [0.4, 0.5) is 11.5 Å². The largest absolute Gasteiger partial charge is 0.344 e. The van der Waals surface area contributed by atoms with Gasteiger partial charge in [0.05, 0.1) is 4.92 Å². The monoisotopic (exact) mass is 328 g/mol. The van der Waals surface area contributed by atoms with Crippen LogP contribution in [0.2, 0.25) is 0 Å². The van der Waals surface area contributed by atoms with Gasteiger partial charge < -0.3 is 10.6 Å². The van der Waals surface area contributed by atoms with E-state index in [1.54, 1.807) is 6.20 Å². The number of hydrogen-bond acceptors (Lipinski definition) is 5. The van der Waals surface area contributed by atoms with Crippen LogP contribution in [0.25, 0.3) is 0 Å². The summed E-state index contributed by atoms with van der Waals surface area (Å²) in [6.07, 6.45) is 4.65. The number of aromatic nitrogens is 1. The molecule has 0 bridgehead atoms. The van der Waals surface area contributed by atoms with E-state index in [-0.39, 0.29) is 22.7 Å². The maximum atomic E-state index is 11.2. The molecule has 1 aliphatic rings. The second-order valence-electron chi connectivity index (χ2n) is 4.83. The maximum absolute atomic E-state index is 11.2. The molecule has 19 heavy (non-hydrogen) atoms. The molecule has 2 atom stereocenters. The zero-order valence-corrected chi connectivity index (χ0v) is 12.3. The third-order valence-corrected chi connectivity index (χ3v) is 3.99. The third-order valence-electron chi connectivity index (χ3n) is 3.55. The van der Waals surface area contributed by atoms with E-state index in [9.17, 15) is 10.1 Å². The van der Waals surface area contributed by atoms with Crippen molar-refractivity contribution < 1.29 is 4.92 Å². The molecule has 6 nitrogen and oxygen atoms in total. The van der Waals surface area contributed by atoms with E-state index in [2.05, 4.69) is 27.8 Å². The molecule has 2 unspecified atom stereocenters. The highest BCUT2D eigenvalue weighted by Crippen LogP contribution is 2.34. The molecule has 7 heteroatoms. The number of nitrogens with two attached hydrogens (primary N) is 1. The molecule has 1 aromatic rings. The molecule has 1 saturated heterocycles. The minimum Gasteiger partial charge on any atom is -0.344 e. The molecule has 104 valence electrons. The van der Waals surface area contributed by atoms with Gasteiger partial charge in [0, 0.05) is 35.4 Å². The number of piperidine rings is 1. The van der Waals surface area contributed by atoms with Crippen molar-refractivity contribution in [2.24, 2.45) is 5.73 Å². The van der Waals surface area contributed by atoms with E-state index < -0.39 is 0 Å². The Morgan fingerprint density at radius 1 is 1.63 bits per heavy atom. The Balaban J connectivity index is 2.46. The Morgan fingerprint density at radius 3 is 3.00 bits per heavy atom. The van der Waals surface area contributed by atoms with E-state index in [4.69, 9.17) is 5.73 Å². The summed E-state index contributed by atoms with van der Waals surface area (Å²) in [6.45, 7) is 2.55. The molecule has 0 amide bonds. The van der Waals surface area contributed by atoms with Crippen molar-refractivity contribution in [3.63, 3.8) is 0 Å². The molecule has 0 spiro atoms. The molecule has 1 fully saturated rings. The maximum Gasteiger partial charge on any atom is 0.312 e. The van der Waals surface area contributed by atoms with Gasteiger partial charge in [-0.15, -0.1) is 0 Å².